The number of piperidine rings is 2. The molecule has 0 saturated carbocycles. The van der Waals surface area contributed by atoms with Gasteiger partial charge in [0.05, 0.1) is 22.3 Å². The second-order valence-corrected chi connectivity index (χ2v) is 22.0. The third kappa shape index (κ3) is 15.2. The minimum atomic E-state index is -1.81. The molecule has 9 N–H and O–H groups in total. The van der Waals surface area contributed by atoms with E-state index in [0.717, 1.165) is 11.1 Å². The molecule has 14 nitrogen and oxygen atoms in total. The summed E-state index contributed by atoms with van der Waals surface area (Å²) in [5.74, 6) is -6.20. The van der Waals surface area contributed by atoms with Crippen molar-refractivity contribution in [2.24, 2.45) is 17.6 Å². The quantitative estimate of drug-likeness (QED) is 0.0252. The van der Waals surface area contributed by atoms with Crippen LogP contribution < -0.4 is 21.7 Å². The molecule has 2 aliphatic rings. The molecule has 2 heterocycles. The highest BCUT2D eigenvalue weighted by Gasteiger charge is 2.45. The number of halogens is 5. The van der Waals surface area contributed by atoms with Gasteiger partial charge in [0, 0.05) is 74.3 Å². The van der Waals surface area contributed by atoms with Gasteiger partial charge in [0.15, 0.2) is 0 Å². The molecule has 0 aliphatic carbocycles. The van der Waals surface area contributed by atoms with E-state index in [9.17, 15) is 43.3 Å². The van der Waals surface area contributed by atoms with Gasteiger partial charge in [-0.1, -0.05) is 77.9 Å². The lowest BCUT2D eigenvalue weighted by atomic mass is 9.71. The molecule has 4 amide bonds. The van der Waals surface area contributed by atoms with Gasteiger partial charge in [0.2, 0.25) is 5.91 Å². The van der Waals surface area contributed by atoms with Crippen molar-refractivity contribution in [3.63, 3.8) is 0 Å². The molecular weight excluding hydrogens is 1090 g/mol. The molecule has 448 valence electrons. The van der Waals surface area contributed by atoms with Crippen molar-refractivity contribution in [3.05, 3.63) is 189 Å². The fourth-order valence-corrected chi connectivity index (χ4v) is 11.9. The van der Waals surface area contributed by atoms with E-state index in [0.29, 0.717) is 80.5 Å². The van der Waals surface area contributed by atoms with Crippen LogP contribution in [0.3, 0.4) is 0 Å². The first-order chi connectivity index (χ1) is 40.1. The van der Waals surface area contributed by atoms with Crippen LogP contribution in [0.25, 0.3) is 22.3 Å². The number of rotatable bonds is 21. The zero-order chi connectivity index (χ0) is 60.9. The molecular formula is C65H75F5N6O8. The van der Waals surface area contributed by atoms with Crippen LogP contribution in [0.4, 0.5) is 26.7 Å². The van der Waals surface area contributed by atoms with E-state index in [-0.39, 0.29) is 78.7 Å². The lowest BCUT2D eigenvalue weighted by molar-refractivity contribution is -0.126. The summed E-state index contributed by atoms with van der Waals surface area (Å²) in [6.45, 7) is 5.56. The summed E-state index contributed by atoms with van der Waals surface area (Å²) in [4.78, 5) is 52.5. The summed E-state index contributed by atoms with van der Waals surface area (Å²) in [5.41, 5.74) is 6.01. The fraction of sp³-hybridized carbons (Fsp3) is 0.385. The number of carboxylic acid groups (broad SMARTS) is 1. The van der Waals surface area contributed by atoms with Crippen molar-refractivity contribution >= 4 is 23.8 Å². The van der Waals surface area contributed by atoms with Gasteiger partial charge in [-0.2, -0.15) is 0 Å². The fourth-order valence-electron chi connectivity index (χ4n) is 11.9. The smallest absolute Gasteiger partial charge is 0.404 e. The van der Waals surface area contributed by atoms with Gasteiger partial charge in [-0.25, -0.2) is 26.7 Å². The lowest BCUT2D eigenvalue weighted by Gasteiger charge is -2.44. The molecule has 6 aromatic carbocycles. The Morgan fingerprint density at radius 1 is 0.619 bits per heavy atom. The number of amides is 4. The van der Waals surface area contributed by atoms with Crippen molar-refractivity contribution in [3.8, 4) is 22.3 Å². The summed E-state index contributed by atoms with van der Waals surface area (Å²) in [7, 11) is 3.49. The maximum Gasteiger partial charge on any atom is 0.404 e. The lowest BCUT2D eigenvalue weighted by Crippen LogP contribution is -2.48. The number of likely N-dealkylation sites (tertiary alicyclic amines) is 2. The van der Waals surface area contributed by atoms with Crippen LogP contribution in [0, 0.1) is 54.8 Å². The second-order valence-electron chi connectivity index (χ2n) is 22.0. The number of carbonyl (C=O) groups excluding carboxylic acids is 3. The number of carbonyl (C=O) groups is 4. The Morgan fingerprint density at radius 3 is 1.62 bits per heavy atom. The van der Waals surface area contributed by atoms with Gasteiger partial charge < -0.3 is 51.9 Å². The maximum atomic E-state index is 15.6. The number of aliphatic hydroxyl groups excluding tert-OH is 1. The van der Waals surface area contributed by atoms with E-state index >= 15 is 13.2 Å². The number of benzene rings is 6. The molecule has 19 heteroatoms. The number of nitrogens with two attached hydrogens (primary N) is 1. The highest BCUT2D eigenvalue weighted by molar-refractivity contribution is 5.95. The highest BCUT2D eigenvalue weighted by Crippen LogP contribution is 2.47. The van der Waals surface area contributed by atoms with E-state index in [1.54, 1.807) is 62.3 Å². The number of nitrogens with one attached hydrogen (secondary N) is 3. The Bertz CT molecular complexity index is 3310. The van der Waals surface area contributed by atoms with Crippen LogP contribution in [-0.2, 0) is 29.1 Å². The van der Waals surface area contributed by atoms with Gasteiger partial charge in [-0.15, -0.1) is 0 Å². The molecule has 84 heavy (non-hydrogen) atoms. The van der Waals surface area contributed by atoms with E-state index in [4.69, 9.17) is 10.8 Å². The van der Waals surface area contributed by atoms with Gasteiger partial charge in [-0.3, -0.25) is 14.4 Å². The van der Waals surface area contributed by atoms with Crippen LogP contribution in [0.5, 0.6) is 0 Å². The molecule has 2 fully saturated rings. The first kappa shape index (κ1) is 64.0. The number of primary amides is 1. The molecule has 5 unspecified atom stereocenters. The number of hydrogen-bond donors (Lipinski definition) is 8. The van der Waals surface area contributed by atoms with E-state index in [2.05, 4.69) is 16.0 Å². The van der Waals surface area contributed by atoms with Crippen molar-refractivity contribution in [2.45, 2.75) is 102 Å². The average molecular weight is 1160 g/mol. The number of aryl methyl sites for hydroxylation is 2. The van der Waals surface area contributed by atoms with E-state index < -0.39 is 82.0 Å². The monoisotopic (exact) mass is 1160 g/mol. The molecule has 0 spiro atoms. The average Bonchev–Trinajstić information content (AvgIpc) is 3.30. The van der Waals surface area contributed by atoms with Gasteiger partial charge >= 0.3 is 6.09 Å². The van der Waals surface area contributed by atoms with Crippen LogP contribution >= 0.6 is 0 Å². The third-order valence-electron chi connectivity index (χ3n) is 16.1. The first-order valence-corrected chi connectivity index (χ1v) is 28.3. The molecule has 2 aliphatic heterocycles. The van der Waals surface area contributed by atoms with Crippen LogP contribution in [0.1, 0.15) is 112 Å². The Kier molecular flexibility index (Phi) is 22.0. The molecule has 2 saturated heterocycles. The van der Waals surface area contributed by atoms with Crippen LogP contribution in [-0.4, -0.2) is 107 Å². The Morgan fingerprint density at radius 2 is 1.12 bits per heavy atom. The molecule has 5 atom stereocenters. The SMILES string of the molecule is CNCc1ccc(C(=O)N2CCCC(C(O)(CCCC(O)C(N)=O)c3cccc(F)c3-c3cc(C)ccc3F)C2)c(F)c1.CNCc1ccc(C(=O)N2CCCC(C(O)(CCCNC(=O)O)c3cccc(F)c3-c3cccc(C)c3)C2)c(F)c1. The molecule has 0 bridgehead atoms. The number of aliphatic hydroxyl groups is 3. The van der Waals surface area contributed by atoms with Crippen LogP contribution in [0.15, 0.2) is 115 Å². The Hall–Kier alpha value is -7.55. The zero-order valence-electron chi connectivity index (χ0n) is 47.8. The summed E-state index contributed by atoms with van der Waals surface area (Å²) >= 11 is 0. The molecule has 8 rings (SSSR count). The molecule has 0 radical (unpaired) electrons. The largest absolute Gasteiger partial charge is 0.465 e. The Balaban J connectivity index is 0.000000241. The summed E-state index contributed by atoms with van der Waals surface area (Å²) < 4.78 is 76.1. The summed E-state index contributed by atoms with van der Waals surface area (Å²) in [6, 6.07) is 29.4. The number of hydrogen-bond acceptors (Lipinski definition) is 9. The zero-order valence-corrected chi connectivity index (χ0v) is 47.8. The predicted octanol–water partition coefficient (Wildman–Crippen LogP) is 10.0. The second kappa shape index (κ2) is 28.8. The Labute approximate surface area is 486 Å². The van der Waals surface area contributed by atoms with Crippen LogP contribution in [0.2, 0.25) is 0 Å². The van der Waals surface area contributed by atoms with E-state index in [1.807, 2.05) is 25.1 Å². The van der Waals surface area contributed by atoms with Crippen molar-refractivity contribution in [1.82, 2.24) is 25.8 Å². The normalized spacial score (nSPS) is 17.0. The number of nitrogens with zero attached hydrogens (tertiary/aromatic N) is 2. The minimum Gasteiger partial charge on any atom is -0.465 e. The summed E-state index contributed by atoms with van der Waals surface area (Å²) in [6.07, 6.45) is -0.115. The first-order valence-electron chi connectivity index (χ1n) is 28.3. The van der Waals surface area contributed by atoms with E-state index in [1.165, 1.54) is 65.6 Å². The van der Waals surface area contributed by atoms with Gasteiger partial charge in [-0.05, 0) is 162 Å². The third-order valence-corrected chi connectivity index (χ3v) is 16.1. The summed E-state index contributed by atoms with van der Waals surface area (Å²) in [5, 5.41) is 52.2. The van der Waals surface area contributed by atoms with Crippen molar-refractivity contribution in [1.29, 1.82) is 0 Å². The van der Waals surface area contributed by atoms with Gasteiger partial charge in [0.1, 0.15) is 35.2 Å². The topological polar surface area (TPSA) is 218 Å². The van der Waals surface area contributed by atoms with Crippen molar-refractivity contribution in [2.75, 3.05) is 46.8 Å². The van der Waals surface area contributed by atoms with Crippen molar-refractivity contribution < 1.29 is 61.6 Å². The standard InChI is InChI=1S/C33H38F3N3O4.C32H37F2N3O4/c1-20-10-13-26(34)24(16-20)30-25(7-3-8-27(30)35)33(43,14-4-9-29(40)31(37)41)22-6-5-15-39(19-22)32(42)23-12-11-21(18-38-2)17-28(23)36;1-21-7-3-8-23(17-21)29-26(10-4-11-27(29)33)32(41,14-6-15-36-31(39)40)24-9-5-16-37(20-24)30(38)25-13-12-22(19-35-2)18-28(25)34/h3,7-8,10-13,16-17,22,29,38,40,43H,4-6,9,14-15,18-19H2,1-2H3,(H2,37,41);3-4,7-8,10-13,17-18,24,35-36,41H,5-6,9,14-16,19-20H2,1-2H3,(H,39,40). The highest BCUT2D eigenvalue weighted by atomic mass is 19.1. The predicted molar refractivity (Wildman–Crippen MR) is 311 cm³/mol. The van der Waals surface area contributed by atoms with Gasteiger partial charge in [0.25, 0.3) is 11.8 Å². The minimum absolute atomic E-state index is 0.0174. The molecule has 6 aromatic rings. The maximum absolute atomic E-state index is 15.6. The molecule has 0 aromatic heterocycles.